The summed E-state index contributed by atoms with van der Waals surface area (Å²) in [7, 11) is 0. The minimum atomic E-state index is -0.580. The molecule has 150 valence electrons. The number of ether oxygens (including phenoxy) is 1. The maximum atomic E-state index is 13.5. The molecular formula is C19H28FN3O4. The molecule has 7 nitrogen and oxygen atoms in total. The summed E-state index contributed by atoms with van der Waals surface area (Å²) in [5.74, 6) is -0.878. The van der Waals surface area contributed by atoms with E-state index in [-0.39, 0.29) is 31.2 Å². The summed E-state index contributed by atoms with van der Waals surface area (Å²) in [5.41, 5.74) is -0.232. The van der Waals surface area contributed by atoms with Gasteiger partial charge in [-0.05, 0) is 38.8 Å². The van der Waals surface area contributed by atoms with Gasteiger partial charge in [0, 0.05) is 26.1 Å². The van der Waals surface area contributed by atoms with Crippen molar-refractivity contribution < 1.29 is 23.5 Å². The van der Waals surface area contributed by atoms with Crippen molar-refractivity contribution in [3.63, 3.8) is 0 Å². The first-order chi connectivity index (χ1) is 12.7. The molecule has 0 bridgehead atoms. The van der Waals surface area contributed by atoms with Crippen molar-refractivity contribution in [2.75, 3.05) is 19.6 Å². The Bertz CT molecular complexity index is 644. The average Bonchev–Trinajstić information content (AvgIpc) is 2.55. The third-order valence-electron chi connectivity index (χ3n) is 3.33. The lowest BCUT2D eigenvalue weighted by atomic mass is 10.1. The van der Waals surface area contributed by atoms with E-state index in [0.717, 1.165) is 0 Å². The number of hydrogen-bond acceptors (Lipinski definition) is 4. The first kappa shape index (κ1) is 22.4. The maximum Gasteiger partial charge on any atom is 0.407 e. The summed E-state index contributed by atoms with van der Waals surface area (Å²) in [5, 5.41) is 7.88. The van der Waals surface area contributed by atoms with Crippen LogP contribution in [0.4, 0.5) is 9.18 Å². The summed E-state index contributed by atoms with van der Waals surface area (Å²) in [6, 6.07) is 6.14. The molecule has 0 aromatic heterocycles. The van der Waals surface area contributed by atoms with Crippen LogP contribution in [0.3, 0.4) is 0 Å². The van der Waals surface area contributed by atoms with Crippen LogP contribution in [0, 0.1) is 5.82 Å². The quantitative estimate of drug-likeness (QED) is 0.569. The Morgan fingerprint density at radius 1 is 0.963 bits per heavy atom. The Kier molecular flexibility index (Phi) is 9.25. The third kappa shape index (κ3) is 10.8. The van der Waals surface area contributed by atoms with Gasteiger partial charge in [0.2, 0.25) is 11.8 Å². The monoisotopic (exact) mass is 381 g/mol. The van der Waals surface area contributed by atoms with Gasteiger partial charge in [-0.25, -0.2) is 9.18 Å². The number of carbonyl (C=O) groups excluding carboxylic acids is 3. The fourth-order valence-corrected chi connectivity index (χ4v) is 2.10. The summed E-state index contributed by atoms with van der Waals surface area (Å²) < 4.78 is 18.5. The summed E-state index contributed by atoms with van der Waals surface area (Å²) in [6.45, 7) is 6.23. The van der Waals surface area contributed by atoms with Gasteiger partial charge in [-0.2, -0.15) is 0 Å². The standard InChI is InChI=1S/C19H28FN3O4/c1-19(2,3)27-18(26)23-12-9-16(24)21-10-6-11-22-17(25)13-14-7-4-5-8-15(14)20/h4-5,7-8H,6,9-13H2,1-3H3,(H,21,24)(H,22,25)(H,23,26). The van der Waals surface area contributed by atoms with E-state index in [0.29, 0.717) is 25.1 Å². The fourth-order valence-electron chi connectivity index (χ4n) is 2.10. The number of carbonyl (C=O) groups is 3. The van der Waals surface area contributed by atoms with Gasteiger partial charge in [0.25, 0.3) is 0 Å². The summed E-state index contributed by atoms with van der Waals surface area (Å²) in [4.78, 5) is 34.8. The molecule has 3 amide bonds. The fraction of sp³-hybridized carbons (Fsp3) is 0.526. The van der Waals surface area contributed by atoms with E-state index in [9.17, 15) is 18.8 Å². The van der Waals surface area contributed by atoms with E-state index in [4.69, 9.17) is 4.74 Å². The van der Waals surface area contributed by atoms with Crippen LogP contribution in [-0.4, -0.2) is 43.1 Å². The summed E-state index contributed by atoms with van der Waals surface area (Å²) in [6.07, 6.45) is 0.107. The second kappa shape index (κ2) is 11.2. The van der Waals surface area contributed by atoms with Crippen LogP contribution in [0.25, 0.3) is 0 Å². The molecule has 0 fully saturated rings. The molecule has 3 N–H and O–H groups in total. The van der Waals surface area contributed by atoms with Crippen LogP contribution < -0.4 is 16.0 Å². The zero-order valence-electron chi connectivity index (χ0n) is 16.1. The molecule has 0 unspecified atom stereocenters. The van der Waals surface area contributed by atoms with Crippen molar-refractivity contribution >= 4 is 17.9 Å². The van der Waals surface area contributed by atoms with Gasteiger partial charge in [0.15, 0.2) is 0 Å². The molecule has 8 heteroatoms. The number of amides is 3. The second-order valence-corrected chi connectivity index (χ2v) is 7.00. The molecule has 1 aromatic carbocycles. The largest absolute Gasteiger partial charge is 0.444 e. The molecule has 1 rings (SSSR count). The molecule has 0 saturated heterocycles. The van der Waals surface area contributed by atoms with Gasteiger partial charge in [0.1, 0.15) is 11.4 Å². The van der Waals surface area contributed by atoms with E-state index >= 15 is 0 Å². The topological polar surface area (TPSA) is 96.5 Å². The molecule has 1 aromatic rings. The zero-order chi connectivity index (χ0) is 20.3. The summed E-state index contributed by atoms with van der Waals surface area (Å²) >= 11 is 0. The van der Waals surface area contributed by atoms with Gasteiger partial charge < -0.3 is 20.7 Å². The van der Waals surface area contributed by atoms with Crippen LogP contribution in [0.2, 0.25) is 0 Å². The van der Waals surface area contributed by atoms with Crippen molar-refractivity contribution in [3.8, 4) is 0 Å². The molecule has 0 spiro atoms. The normalized spacial score (nSPS) is 10.8. The minimum Gasteiger partial charge on any atom is -0.444 e. The molecule has 27 heavy (non-hydrogen) atoms. The Labute approximate surface area is 159 Å². The molecular weight excluding hydrogens is 353 g/mol. The molecule has 0 aliphatic rings. The van der Waals surface area contributed by atoms with Gasteiger partial charge >= 0.3 is 6.09 Å². The number of alkyl carbamates (subject to hydrolysis) is 1. The van der Waals surface area contributed by atoms with Crippen LogP contribution >= 0.6 is 0 Å². The van der Waals surface area contributed by atoms with Crippen molar-refractivity contribution in [2.45, 2.75) is 45.6 Å². The molecule has 0 saturated carbocycles. The third-order valence-corrected chi connectivity index (χ3v) is 3.33. The number of halogens is 1. The Balaban J connectivity index is 2.07. The van der Waals surface area contributed by atoms with Gasteiger partial charge in [-0.15, -0.1) is 0 Å². The first-order valence-corrected chi connectivity index (χ1v) is 8.91. The molecule has 0 atom stereocenters. The van der Waals surface area contributed by atoms with E-state index in [2.05, 4.69) is 16.0 Å². The Morgan fingerprint density at radius 2 is 1.59 bits per heavy atom. The average molecular weight is 381 g/mol. The second-order valence-electron chi connectivity index (χ2n) is 7.00. The van der Waals surface area contributed by atoms with Crippen molar-refractivity contribution in [1.82, 2.24) is 16.0 Å². The highest BCUT2D eigenvalue weighted by molar-refractivity contribution is 5.78. The highest BCUT2D eigenvalue weighted by atomic mass is 19.1. The van der Waals surface area contributed by atoms with Crippen LogP contribution in [-0.2, 0) is 20.7 Å². The predicted molar refractivity (Wildman–Crippen MR) is 99.6 cm³/mol. The highest BCUT2D eigenvalue weighted by Crippen LogP contribution is 2.07. The molecule has 0 heterocycles. The number of nitrogens with one attached hydrogen (secondary N) is 3. The van der Waals surface area contributed by atoms with Gasteiger partial charge in [-0.1, -0.05) is 18.2 Å². The minimum absolute atomic E-state index is 0.0185. The number of hydrogen-bond donors (Lipinski definition) is 3. The SMILES string of the molecule is CC(C)(C)OC(=O)NCCC(=O)NCCCNC(=O)Cc1ccccc1F. The predicted octanol–water partition coefficient (Wildman–Crippen LogP) is 1.91. The van der Waals surface area contributed by atoms with Crippen molar-refractivity contribution in [3.05, 3.63) is 35.6 Å². The van der Waals surface area contributed by atoms with Crippen molar-refractivity contribution in [2.24, 2.45) is 0 Å². The molecule has 0 aliphatic carbocycles. The molecule has 0 aliphatic heterocycles. The lowest BCUT2D eigenvalue weighted by molar-refractivity contribution is -0.121. The van der Waals surface area contributed by atoms with Crippen LogP contribution in [0.5, 0.6) is 0 Å². The van der Waals surface area contributed by atoms with Crippen molar-refractivity contribution in [1.29, 1.82) is 0 Å². The number of rotatable bonds is 9. The maximum absolute atomic E-state index is 13.5. The van der Waals surface area contributed by atoms with E-state index < -0.39 is 17.5 Å². The molecule has 0 radical (unpaired) electrons. The van der Waals surface area contributed by atoms with Gasteiger partial charge in [-0.3, -0.25) is 9.59 Å². The van der Waals surface area contributed by atoms with E-state index in [1.165, 1.54) is 6.07 Å². The van der Waals surface area contributed by atoms with E-state index in [1.807, 2.05) is 0 Å². The smallest absolute Gasteiger partial charge is 0.407 e. The Hall–Kier alpha value is -2.64. The zero-order valence-corrected chi connectivity index (χ0v) is 16.1. The van der Waals surface area contributed by atoms with Crippen LogP contribution in [0.15, 0.2) is 24.3 Å². The number of benzene rings is 1. The van der Waals surface area contributed by atoms with Gasteiger partial charge in [0.05, 0.1) is 6.42 Å². The lowest BCUT2D eigenvalue weighted by Gasteiger charge is -2.19. The van der Waals surface area contributed by atoms with E-state index in [1.54, 1.807) is 39.0 Å². The Morgan fingerprint density at radius 3 is 2.22 bits per heavy atom. The van der Waals surface area contributed by atoms with Crippen LogP contribution in [0.1, 0.15) is 39.2 Å². The first-order valence-electron chi connectivity index (χ1n) is 8.91. The highest BCUT2D eigenvalue weighted by Gasteiger charge is 2.15. The lowest BCUT2D eigenvalue weighted by Crippen LogP contribution is -2.35.